The van der Waals surface area contributed by atoms with Crippen molar-refractivity contribution in [3.05, 3.63) is 164 Å². The van der Waals surface area contributed by atoms with Crippen LogP contribution >= 0.6 is 0 Å². The lowest BCUT2D eigenvalue weighted by molar-refractivity contribution is 0.620. The molecule has 212 valence electrons. The van der Waals surface area contributed by atoms with Crippen molar-refractivity contribution in [2.45, 2.75) is 0 Å². The van der Waals surface area contributed by atoms with Crippen LogP contribution in [0.4, 0.5) is 0 Å². The van der Waals surface area contributed by atoms with Crippen molar-refractivity contribution in [3.63, 3.8) is 0 Å². The zero-order valence-electron chi connectivity index (χ0n) is 24.3. The van der Waals surface area contributed by atoms with E-state index in [0.29, 0.717) is 11.7 Å². The highest BCUT2D eigenvalue weighted by atomic mass is 16.3. The molecule has 0 unspecified atom stereocenters. The first-order valence-corrected chi connectivity index (χ1v) is 14.9. The number of aromatic nitrogens is 3. The Hall–Kier alpha value is -6.13. The van der Waals surface area contributed by atoms with E-state index in [0.717, 1.165) is 50.3 Å². The van der Waals surface area contributed by atoms with Crippen LogP contribution in [-0.4, -0.2) is 15.0 Å². The molecule has 0 spiro atoms. The van der Waals surface area contributed by atoms with Crippen molar-refractivity contribution in [2.24, 2.45) is 0 Å². The van der Waals surface area contributed by atoms with Crippen molar-refractivity contribution in [1.29, 1.82) is 0 Å². The third-order valence-corrected chi connectivity index (χ3v) is 7.99. The Labute approximate surface area is 261 Å². The Bertz CT molecular complexity index is 2090. The first-order chi connectivity index (χ1) is 22.3. The van der Waals surface area contributed by atoms with E-state index in [1.54, 1.807) is 0 Å². The molecule has 6 aromatic carbocycles. The Morgan fingerprint density at radius 2 is 0.756 bits per heavy atom. The van der Waals surface area contributed by atoms with Crippen LogP contribution in [0.3, 0.4) is 0 Å². The van der Waals surface area contributed by atoms with Gasteiger partial charge in [0.1, 0.15) is 5.52 Å². The number of hydrogen-bond donors (Lipinski definition) is 0. The summed E-state index contributed by atoms with van der Waals surface area (Å²) >= 11 is 0. The highest BCUT2D eigenvalue weighted by Gasteiger charge is 2.13. The van der Waals surface area contributed by atoms with Crippen LogP contribution in [0, 0.1) is 0 Å². The standard InChI is InChI=1S/C41H27N3O/c1-3-9-28(10-4-1)30-15-19-32(20-16-30)37-27-38(33-21-25-35(26-22-33)41-44-36-13-7-8-14-39(36)45-41)43-40(42-37)34-23-17-31(18-24-34)29-11-5-2-6-12-29/h1-27H. The van der Waals surface area contributed by atoms with Gasteiger partial charge in [-0.25, -0.2) is 15.0 Å². The van der Waals surface area contributed by atoms with Gasteiger partial charge in [-0.3, -0.25) is 0 Å². The van der Waals surface area contributed by atoms with Crippen molar-refractivity contribution in [1.82, 2.24) is 15.0 Å². The van der Waals surface area contributed by atoms with Crippen molar-refractivity contribution < 1.29 is 4.42 Å². The Morgan fingerprint density at radius 3 is 1.29 bits per heavy atom. The third-order valence-electron chi connectivity index (χ3n) is 7.99. The summed E-state index contributed by atoms with van der Waals surface area (Å²) in [5.41, 5.74) is 11.9. The second kappa shape index (κ2) is 11.5. The summed E-state index contributed by atoms with van der Waals surface area (Å²) in [6.07, 6.45) is 0. The Balaban J connectivity index is 1.18. The first kappa shape index (κ1) is 26.5. The first-order valence-electron chi connectivity index (χ1n) is 14.9. The number of benzene rings is 6. The molecule has 0 saturated heterocycles. The molecule has 0 aliphatic heterocycles. The van der Waals surface area contributed by atoms with Crippen LogP contribution in [0.5, 0.6) is 0 Å². The molecule has 0 fully saturated rings. The fraction of sp³-hybridized carbons (Fsp3) is 0. The SMILES string of the molecule is c1ccc(-c2ccc(-c3cc(-c4ccc(-c5nc6ccccc6o5)cc4)nc(-c4ccc(-c5ccccc5)cc4)n3)cc2)cc1. The Kier molecular flexibility index (Phi) is 6.78. The van der Waals surface area contributed by atoms with Gasteiger partial charge in [-0.2, -0.15) is 0 Å². The topological polar surface area (TPSA) is 51.8 Å². The maximum atomic E-state index is 6.00. The van der Waals surface area contributed by atoms with Gasteiger partial charge in [0.05, 0.1) is 11.4 Å². The van der Waals surface area contributed by atoms with E-state index in [9.17, 15) is 0 Å². The lowest BCUT2D eigenvalue weighted by Gasteiger charge is -2.11. The minimum absolute atomic E-state index is 0.601. The van der Waals surface area contributed by atoms with Gasteiger partial charge in [0.2, 0.25) is 5.89 Å². The van der Waals surface area contributed by atoms with Crippen LogP contribution in [0.2, 0.25) is 0 Å². The fourth-order valence-corrected chi connectivity index (χ4v) is 5.56. The van der Waals surface area contributed by atoms with E-state index in [2.05, 4.69) is 120 Å². The summed E-state index contributed by atoms with van der Waals surface area (Å²) in [7, 11) is 0. The molecule has 8 rings (SSSR count). The molecule has 0 aliphatic carbocycles. The molecule has 0 saturated carbocycles. The minimum Gasteiger partial charge on any atom is -0.436 e. The second-order valence-electron chi connectivity index (χ2n) is 10.9. The van der Waals surface area contributed by atoms with E-state index in [-0.39, 0.29) is 0 Å². The molecule has 0 bridgehead atoms. The summed E-state index contributed by atoms with van der Waals surface area (Å²) in [4.78, 5) is 14.8. The highest BCUT2D eigenvalue weighted by Crippen LogP contribution is 2.32. The van der Waals surface area contributed by atoms with Gasteiger partial charge < -0.3 is 4.42 Å². The van der Waals surface area contributed by atoms with Gasteiger partial charge in [0.25, 0.3) is 0 Å². The van der Waals surface area contributed by atoms with E-state index in [1.807, 2.05) is 48.5 Å². The van der Waals surface area contributed by atoms with Crippen LogP contribution in [0.15, 0.2) is 168 Å². The second-order valence-corrected chi connectivity index (χ2v) is 10.9. The summed E-state index contributed by atoms with van der Waals surface area (Å²) in [6.45, 7) is 0. The molecule has 0 amide bonds. The number of oxazole rings is 1. The highest BCUT2D eigenvalue weighted by molar-refractivity contribution is 5.78. The predicted octanol–water partition coefficient (Wildman–Crippen LogP) is 10.6. The van der Waals surface area contributed by atoms with Crippen LogP contribution in [-0.2, 0) is 0 Å². The molecule has 0 radical (unpaired) electrons. The maximum absolute atomic E-state index is 6.00. The normalized spacial score (nSPS) is 11.1. The largest absolute Gasteiger partial charge is 0.436 e. The number of rotatable bonds is 6. The molecule has 2 heterocycles. The van der Waals surface area contributed by atoms with E-state index in [1.165, 1.54) is 16.7 Å². The van der Waals surface area contributed by atoms with Gasteiger partial charge in [-0.1, -0.05) is 133 Å². The predicted molar refractivity (Wildman–Crippen MR) is 182 cm³/mol. The smallest absolute Gasteiger partial charge is 0.227 e. The Morgan fingerprint density at radius 1 is 0.333 bits per heavy atom. The van der Waals surface area contributed by atoms with E-state index >= 15 is 0 Å². The number of fused-ring (bicyclic) bond motifs is 1. The quantitative estimate of drug-likeness (QED) is 0.197. The molecular formula is C41H27N3O. The lowest BCUT2D eigenvalue weighted by atomic mass is 10.0. The zero-order valence-corrected chi connectivity index (χ0v) is 24.3. The van der Waals surface area contributed by atoms with Gasteiger partial charge in [-0.05, 0) is 52.6 Å². The molecule has 0 atom stereocenters. The number of hydrogen-bond acceptors (Lipinski definition) is 4. The average Bonchev–Trinajstić information content (AvgIpc) is 3.57. The fourth-order valence-electron chi connectivity index (χ4n) is 5.56. The van der Waals surface area contributed by atoms with Gasteiger partial charge in [-0.15, -0.1) is 0 Å². The van der Waals surface area contributed by atoms with E-state index < -0.39 is 0 Å². The molecule has 8 aromatic rings. The molecule has 4 heteroatoms. The molecule has 4 nitrogen and oxygen atoms in total. The molecule has 2 aromatic heterocycles. The maximum Gasteiger partial charge on any atom is 0.227 e. The van der Waals surface area contributed by atoms with E-state index in [4.69, 9.17) is 14.4 Å². The summed E-state index contributed by atoms with van der Waals surface area (Å²) in [6, 6.07) is 55.9. The third kappa shape index (κ3) is 5.41. The van der Waals surface area contributed by atoms with Crippen LogP contribution < -0.4 is 0 Å². The molecule has 0 aliphatic rings. The van der Waals surface area contributed by atoms with Gasteiger partial charge >= 0.3 is 0 Å². The summed E-state index contributed by atoms with van der Waals surface area (Å²) < 4.78 is 6.00. The van der Waals surface area contributed by atoms with Crippen LogP contribution in [0.1, 0.15) is 0 Å². The lowest BCUT2D eigenvalue weighted by Crippen LogP contribution is -1.96. The number of para-hydroxylation sites is 2. The van der Waals surface area contributed by atoms with Gasteiger partial charge in [0, 0.05) is 22.3 Å². The zero-order chi connectivity index (χ0) is 30.0. The average molecular weight is 578 g/mol. The van der Waals surface area contributed by atoms with Gasteiger partial charge in [0.15, 0.2) is 11.4 Å². The van der Waals surface area contributed by atoms with Crippen LogP contribution in [0.25, 0.3) is 78.7 Å². The van der Waals surface area contributed by atoms with Crippen molar-refractivity contribution >= 4 is 11.1 Å². The monoisotopic (exact) mass is 577 g/mol. The van der Waals surface area contributed by atoms with Crippen molar-refractivity contribution in [2.75, 3.05) is 0 Å². The molecule has 0 N–H and O–H groups in total. The summed E-state index contributed by atoms with van der Waals surface area (Å²) in [5.74, 6) is 1.28. The molecule has 45 heavy (non-hydrogen) atoms. The number of nitrogens with zero attached hydrogens (tertiary/aromatic N) is 3. The summed E-state index contributed by atoms with van der Waals surface area (Å²) in [5, 5.41) is 0. The minimum atomic E-state index is 0.601. The molecular weight excluding hydrogens is 550 g/mol. The van der Waals surface area contributed by atoms with Crippen molar-refractivity contribution in [3.8, 4) is 67.6 Å².